The molecule has 1 aliphatic heterocycles. The Bertz CT molecular complexity index is 1470. The number of ketones is 1. The van der Waals surface area contributed by atoms with Gasteiger partial charge in [-0.25, -0.2) is 9.37 Å². The molecule has 4 aromatic rings. The van der Waals surface area contributed by atoms with E-state index in [1.54, 1.807) is 35.7 Å². The van der Waals surface area contributed by atoms with Crippen LogP contribution in [0.3, 0.4) is 0 Å². The molecule has 0 radical (unpaired) electrons. The minimum Gasteiger partial charge on any atom is -0.488 e. The van der Waals surface area contributed by atoms with Crippen molar-refractivity contribution in [2.75, 3.05) is 11.9 Å². The van der Waals surface area contributed by atoms with Crippen LogP contribution in [-0.2, 0) is 0 Å². The number of nitrogens with zero attached hydrogens (tertiary/aromatic N) is 3. The summed E-state index contributed by atoms with van der Waals surface area (Å²) in [6.45, 7) is 0.0247. The summed E-state index contributed by atoms with van der Waals surface area (Å²) in [6.07, 6.45) is 1.62. The third-order valence-corrected chi connectivity index (χ3v) is 6.21. The predicted molar refractivity (Wildman–Crippen MR) is 133 cm³/mol. The molecule has 0 unspecified atom stereocenters. The van der Waals surface area contributed by atoms with E-state index in [1.165, 1.54) is 35.7 Å². The van der Waals surface area contributed by atoms with Crippen LogP contribution in [0.5, 0.6) is 5.75 Å². The van der Waals surface area contributed by atoms with Crippen LogP contribution in [0.4, 0.5) is 15.2 Å². The maximum atomic E-state index is 13.4. The number of hydrogen-bond donors (Lipinski definition) is 1. The number of benzene rings is 2. The molecule has 0 spiro atoms. The zero-order chi connectivity index (χ0) is 24.4. The Kier molecular flexibility index (Phi) is 6.35. The van der Waals surface area contributed by atoms with Gasteiger partial charge in [0.25, 0.3) is 5.91 Å². The molecular weight excluding hydrogens is 491 g/mol. The largest absolute Gasteiger partial charge is 0.488 e. The van der Waals surface area contributed by atoms with E-state index in [0.717, 1.165) is 0 Å². The number of thiazole rings is 1. The summed E-state index contributed by atoms with van der Waals surface area (Å²) < 4.78 is 19.0. The molecule has 0 fully saturated rings. The molecule has 2 aromatic heterocycles. The predicted octanol–water partition coefficient (Wildman–Crippen LogP) is 5.99. The summed E-state index contributed by atoms with van der Waals surface area (Å²) >= 11 is 7.05. The van der Waals surface area contributed by atoms with Gasteiger partial charge in [-0.3, -0.25) is 24.9 Å². The Morgan fingerprint density at radius 1 is 1.17 bits per heavy atom. The fraction of sp³-hybridized carbons (Fsp3) is 0.0800. The molecule has 35 heavy (non-hydrogen) atoms. The number of pyridine rings is 1. The van der Waals surface area contributed by atoms with Crippen molar-refractivity contribution in [3.05, 3.63) is 88.1 Å². The lowest BCUT2D eigenvalue weighted by molar-refractivity contribution is 0.0995. The lowest BCUT2D eigenvalue weighted by Crippen LogP contribution is -2.20. The number of aromatic nitrogens is 2. The van der Waals surface area contributed by atoms with E-state index in [9.17, 15) is 14.0 Å². The van der Waals surface area contributed by atoms with Crippen LogP contribution in [0.1, 0.15) is 27.1 Å². The monoisotopic (exact) mass is 506 g/mol. The zero-order valence-electron chi connectivity index (χ0n) is 18.0. The van der Waals surface area contributed by atoms with Gasteiger partial charge in [0.2, 0.25) is 0 Å². The van der Waals surface area contributed by atoms with Crippen molar-refractivity contribution in [2.24, 2.45) is 4.99 Å². The summed E-state index contributed by atoms with van der Waals surface area (Å²) in [6, 6.07) is 14.5. The molecule has 7 nitrogen and oxygen atoms in total. The molecule has 0 saturated carbocycles. The highest BCUT2D eigenvalue weighted by Crippen LogP contribution is 2.36. The molecule has 1 amide bonds. The number of anilines is 1. The molecule has 174 valence electrons. The maximum absolute atomic E-state index is 13.4. The lowest BCUT2D eigenvalue weighted by atomic mass is 9.99. The number of aliphatic imine (C=N–C) groups is 1. The van der Waals surface area contributed by atoms with E-state index in [0.29, 0.717) is 44.8 Å². The molecule has 0 bridgehead atoms. The number of fused-ring (bicyclic) bond motifs is 1. The van der Waals surface area contributed by atoms with Crippen molar-refractivity contribution in [2.45, 2.75) is 6.42 Å². The molecule has 10 heteroatoms. The smallest absolute Gasteiger partial charge is 0.257 e. The summed E-state index contributed by atoms with van der Waals surface area (Å²) in [7, 11) is 0. The van der Waals surface area contributed by atoms with Crippen molar-refractivity contribution in [3.63, 3.8) is 0 Å². The minimum absolute atomic E-state index is 0.0247. The van der Waals surface area contributed by atoms with Gasteiger partial charge in [0.15, 0.2) is 10.9 Å². The molecule has 3 heterocycles. The number of amides is 1. The average molecular weight is 507 g/mol. The van der Waals surface area contributed by atoms with Crippen LogP contribution in [-0.4, -0.2) is 34.0 Å². The van der Waals surface area contributed by atoms with Crippen molar-refractivity contribution >= 4 is 51.2 Å². The van der Waals surface area contributed by atoms with Gasteiger partial charge in [0.1, 0.15) is 35.2 Å². The van der Waals surface area contributed by atoms with Gasteiger partial charge in [0, 0.05) is 28.8 Å². The highest BCUT2D eigenvalue weighted by atomic mass is 35.5. The van der Waals surface area contributed by atoms with Gasteiger partial charge in [-0.1, -0.05) is 29.8 Å². The number of nitrogens with one attached hydrogen (secondary N) is 1. The summed E-state index contributed by atoms with van der Waals surface area (Å²) in [5.74, 6) is -0.580. The van der Waals surface area contributed by atoms with Crippen LogP contribution in [0, 0.1) is 5.82 Å². The molecule has 1 aliphatic rings. The number of ether oxygens (including phenoxy) is 1. The van der Waals surface area contributed by atoms with Gasteiger partial charge in [0.05, 0.1) is 17.2 Å². The van der Waals surface area contributed by atoms with Crippen LogP contribution in [0.2, 0.25) is 5.02 Å². The van der Waals surface area contributed by atoms with E-state index >= 15 is 0 Å². The number of Topliss-reactive ketones (excluding diaryl/α,β-unsaturated/α-hetero) is 1. The van der Waals surface area contributed by atoms with Crippen molar-refractivity contribution < 1.29 is 18.7 Å². The van der Waals surface area contributed by atoms with Crippen LogP contribution in [0.25, 0.3) is 11.4 Å². The lowest BCUT2D eigenvalue weighted by Gasteiger charge is -2.17. The van der Waals surface area contributed by atoms with Crippen LogP contribution >= 0.6 is 22.9 Å². The SMILES string of the molecule is O=C(Nc1nc(-c2nccc3c2N=C(COc2ccc(F)c(Cl)c2)CC3=O)cs1)c1ccccc1. The number of rotatable bonds is 6. The van der Waals surface area contributed by atoms with Gasteiger partial charge < -0.3 is 4.74 Å². The highest BCUT2D eigenvalue weighted by molar-refractivity contribution is 7.14. The molecule has 0 saturated heterocycles. The standard InChI is InChI=1S/C25H16ClFN4O3S/c26-18-11-16(6-7-19(18)27)34-12-15-10-21(32)17-8-9-28-23(22(17)29-15)20-13-35-25(30-20)31-24(33)14-4-2-1-3-5-14/h1-9,11,13H,10,12H2,(H,30,31,33). The number of carbonyl (C=O) groups is 2. The van der Waals surface area contributed by atoms with Gasteiger partial charge in [-0.05, 0) is 30.3 Å². The fourth-order valence-corrected chi connectivity index (χ4v) is 4.33. The minimum atomic E-state index is -0.545. The topological polar surface area (TPSA) is 93.5 Å². The third kappa shape index (κ3) is 4.96. The number of halogens is 2. The Morgan fingerprint density at radius 2 is 2.00 bits per heavy atom. The Labute approximate surface area is 208 Å². The molecule has 1 N–H and O–H groups in total. The summed E-state index contributed by atoms with van der Waals surface area (Å²) in [5.41, 5.74) is 2.75. The molecular formula is C25H16ClFN4O3S. The first-order valence-electron chi connectivity index (χ1n) is 10.5. The normalized spacial score (nSPS) is 12.6. The molecule has 0 aliphatic carbocycles. The molecule has 0 atom stereocenters. The van der Waals surface area contributed by atoms with E-state index in [2.05, 4.69) is 20.3 Å². The second kappa shape index (κ2) is 9.73. The van der Waals surface area contributed by atoms with E-state index in [-0.39, 0.29) is 29.7 Å². The number of hydrogen-bond acceptors (Lipinski definition) is 7. The van der Waals surface area contributed by atoms with Crippen LogP contribution in [0.15, 0.2) is 71.2 Å². The fourth-order valence-electron chi connectivity index (χ4n) is 3.47. The second-order valence-electron chi connectivity index (χ2n) is 7.56. The van der Waals surface area contributed by atoms with Gasteiger partial charge in [-0.2, -0.15) is 0 Å². The van der Waals surface area contributed by atoms with E-state index in [4.69, 9.17) is 16.3 Å². The Hall–Kier alpha value is -3.95. The van der Waals surface area contributed by atoms with Gasteiger partial charge >= 0.3 is 0 Å². The Morgan fingerprint density at radius 3 is 2.80 bits per heavy atom. The van der Waals surface area contributed by atoms with E-state index < -0.39 is 5.82 Å². The van der Waals surface area contributed by atoms with E-state index in [1.807, 2.05) is 6.07 Å². The highest BCUT2D eigenvalue weighted by Gasteiger charge is 2.25. The average Bonchev–Trinajstić information content (AvgIpc) is 3.33. The molecule has 2 aromatic carbocycles. The maximum Gasteiger partial charge on any atom is 0.257 e. The first-order chi connectivity index (χ1) is 17.0. The van der Waals surface area contributed by atoms with Crippen molar-refractivity contribution in [3.8, 4) is 17.1 Å². The summed E-state index contributed by atoms with van der Waals surface area (Å²) in [4.78, 5) is 38.7. The van der Waals surface area contributed by atoms with Crippen molar-refractivity contribution in [1.82, 2.24) is 9.97 Å². The van der Waals surface area contributed by atoms with Gasteiger partial charge in [-0.15, -0.1) is 11.3 Å². The first-order valence-corrected chi connectivity index (χ1v) is 11.7. The summed E-state index contributed by atoms with van der Waals surface area (Å²) in [5, 5.41) is 4.86. The van der Waals surface area contributed by atoms with Crippen LogP contribution < -0.4 is 10.1 Å². The van der Waals surface area contributed by atoms with Crippen molar-refractivity contribution in [1.29, 1.82) is 0 Å². The third-order valence-electron chi connectivity index (χ3n) is 5.16. The quantitative estimate of drug-likeness (QED) is 0.347. The first kappa shape index (κ1) is 22.8. The molecule has 5 rings (SSSR count). The Balaban J connectivity index is 1.38. The second-order valence-corrected chi connectivity index (χ2v) is 8.82. The zero-order valence-corrected chi connectivity index (χ0v) is 19.6. The number of carbonyl (C=O) groups excluding carboxylic acids is 2.